The van der Waals surface area contributed by atoms with Gasteiger partial charge in [-0.1, -0.05) is 12.1 Å². The number of para-hydroxylation sites is 1. The van der Waals surface area contributed by atoms with Gasteiger partial charge in [0.2, 0.25) is 0 Å². The van der Waals surface area contributed by atoms with E-state index in [9.17, 15) is 9.90 Å². The summed E-state index contributed by atoms with van der Waals surface area (Å²) in [7, 11) is 0. The molecule has 0 saturated heterocycles. The minimum Gasteiger partial charge on any atom is -0.505 e. The van der Waals surface area contributed by atoms with Crippen LogP contribution in [0, 0.1) is 0 Å². The molecular weight excluding hydrogens is 216 g/mol. The number of carbonyl (C=O) groups is 1. The van der Waals surface area contributed by atoms with Crippen LogP contribution in [0.25, 0.3) is 0 Å². The van der Waals surface area contributed by atoms with Crippen molar-refractivity contribution in [1.82, 2.24) is 4.90 Å². The number of carbonyl (C=O) groups excluding carboxylic acids is 1. The van der Waals surface area contributed by atoms with Gasteiger partial charge in [-0.3, -0.25) is 4.79 Å². The van der Waals surface area contributed by atoms with Crippen molar-refractivity contribution in [3.63, 3.8) is 0 Å². The summed E-state index contributed by atoms with van der Waals surface area (Å²) in [4.78, 5) is 14.0. The number of phenolic OH excluding ortho intramolecular Hbond substituents is 1. The highest BCUT2D eigenvalue weighted by Crippen LogP contribution is 2.31. The maximum Gasteiger partial charge on any atom is 0.258 e. The van der Waals surface area contributed by atoms with Crippen LogP contribution in [-0.2, 0) is 0 Å². The van der Waals surface area contributed by atoms with Crippen molar-refractivity contribution in [3.8, 4) is 5.75 Å². The first-order valence-corrected chi connectivity index (χ1v) is 5.64. The van der Waals surface area contributed by atoms with Gasteiger partial charge < -0.3 is 15.7 Å². The van der Waals surface area contributed by atoms with Crippen LogP contribution in [0.4, 0.5) is 5.69 Å². The van der Waals surface area contributed by atoms with Gasteiger partial charge in [-0.15, -0.1) is 6.58 Å². The molecule has 1 aromatic carbocycles. The number of nitrogens with zero attached hydrogens (tertiary/aromatic N) is 1. The largest absolute Gasteiger partial charge is 0.505 e. The molecular formula is C13H16N2O2. The Morgan fingerprint density at radius 1 is 1.59 bits per heavy atom. The summed E-state index contributed by atoms with van der Waals surface area (Å²) < 4.78 is 0. The van der Waals surface area contributed by atoms with E-state index in [1.807, 2.05) is 0 Å². The third-order valence-electron chi connectivity index (χ3n) is 2.87. The molecule has 1 amide bonds. The highest BCUT2D eigenvalue weighted by Gasteiger charge is 2.33. The second-order valence-corrected chi connectivity index (χ2v) is 4.22. The van der Waals surface area contributed by atoms with Crippen molar-refractivity contribution < 1.29 is 9.90 Å². The van der Waals surface area contributed by atoms with Crippen LogP contribution in [0.5, 0.6) is 5.75 Å². The Morgan fingerprint density at radius 3 is 2.88 bits per heavy atom. The Bertz CT molecular complexity index is 453. The molecule has 4 heteroatoms. The fraction of sp³-hybridized carbons (Fsp3) is 0.308. The number of phenols is 1. The maximum atomic E-state index is 12.3. The van der Waals surface area contributed by atoms with E-state index in [1.54, 1.807) is 29.2 Å². The third-order valence-corrected chi connectivity index (χ3v) is 2.87. The molecule has 0 unspecified atom stereocenters. The van der Waals surface area contributed by atoms with E-state index in [1.165, 1.54) is 0 Å². The lowest BCUT2D eigenvalue weighted by Crippen LogP contribution is -2.33. The van der Waals surface area contributed by atoms with E-state index in [4.69, 9.17) is 5.73 Å². The number of anilines is 1. The molecule has 17 heavy (non-hydrogen) atoms. The van der Waals surface area contributed by atoms with E-state index in [0.29, 0.717) is 6.54 Å². The lowest BCUT2D eigenvalue weighted by molar-refractivity contribution is 0.0760. The van der Waals surface area contributed by atoms with Gasteiger partial charge in [0.25, 0.3) is 5.91 Å². The second kappa shape index (κ2) is 4.49. The topological polar surface area (TPSA) is 66.6 Å². The lowest BCUT2D eigenvalue weighted by atomic mass is 10.1. The van der Waals surface area contributed by atoms with Crippen LogP contribution in [0.1, 0.15) is 23.2 Å². The number of amides is 1. The molecule has 90 valence electrons. The molecule has 1 aromatic rings. The smallest absolute Gasteiger partial charge is 0.258 e. The van der Waals surface area contributed by atoms with Crippen LogP contribution in [0.15, 0.2) is 30.9 Å². The first-order chi connectivity index (χ1) is 8.15. The fourth-order valence-electron chi connectivity index (χ4n) is 1.81. The zero-order valence-electron chi connectivity index (χ0n) is 9.60. The Balaban J connectivity index is 2.28. The minimum atomic E-state index is -0.183. The Hall–Kier alpha value is -1.97. The zero-order chi connectivity index (χ0) is 12.4. The zero-order valence-corrected chi connectivity index (χ0v) is 9.60. The highest BCUT2D eigenvalue weighted by molar-refractivity contribution is 5.98. The number of rotatable bonds is 4. The molecule has 1 aliphatic rings. The standard InChI is InChI=1S/C13H16N2O2/c1-2-8-15(9-6-7-9)13(17)10-4-3-5-11(14)12(10)16/h2-5,9,16H,1,6-8,14H2. The van der Waals surface area contributed by atoms with E-state index < -0.39 is 0 Å². The van der Waals surface area contributed by atoms with Crippen LogP contribution >= 0.6 is 0 Å². The number of nitrogens with two attached hydrogens (primary N) is 1. The normalized spacial score (nSPS) is 14.4. The minimum absolute atomic E-state index is 0.132. The Labute approximate surface area is 100 Å². The van der Waals surface area contributed by atoms with Crippen LogP contribution in [-0.4, -0.2) is 28.5 Å². The predicted octanol–water partition coefficient (Wildman–Crippen LogP) is 1.76. The van der Waals surface area contributed by atoms with Gasteiger partial charge in [-0.05, 0) is 25.0 Å². The fourth-order valence-corrected chi connectivity index (χ4v) is 1.81. The first kappa shape index (κ1) is 11.5. The lowest BCUT2D eigenvalue weighted by Gasteiger charge is -2.21. The molecule has 0 heterocycles. The van der Waals surface area contributed by atoms with E-state index in [2.05, 4.69) is 6.58 Å². The van der Waals surface area contributed by atoms with Gasteiger partial charge in [0.15, 0.2) is 5.75 Å². The summed E-state index contributed by atoms with van der Waals surface area (Å²) >= 11 is 0. The highest BCUT2D eigenvalue weighted by atomic mass is 16.3. The molecule has 0 bridgehead atoms. The SMILES string of the molecule is C=CCN(C(=O)c1cccc(N)c1O)C1CC1. The number of nitrogen functional groups attached to an aromatic ring is 1. The average molecular weight is 232 g/mol. The molecule has 1 saturated carbocycles. The molecule has 1 aliphatic carbocycles. The molecule has 0 radical (unpaired) electrons. The molecule has 4 nitrogen and oxygen atoms in total. The third kappa shape index (κ3) is 2.25. The van der Waals surface area contributed by atoms with E-state index >= 15 is 0 Å². The van der Waals surface area contributed by atoms with Crippen molar-refractivity contribution in [2.24, 2.45) is 0 Å². The number of hydrogen-bond donors (Lipinski definition) is 2. The van der Waals surface area contributed by atoms with Crippen molar-refractivity contribution in [3.05, 3.63) is 36.4 Å². The van der Waals surface area contributed by atoms with Crippen LogP contribution < -0.4 is 5.73 Å². The Kier molecular flexibility index (Phi) is 3.04. The van der Waals surface area contributed by atoms with Gasteiger partial charge in [-0.2, -0.15) is 0 Å². The van der Waals surface area contributed by atoms with Gasteiger partial charge in [0.05, 0.1) is 11.3 Å². The van der Waals surface area contributed by atoms with E-state index in [0.717, 1.165) is 12.8 Å². The van der Waals surface area contributed by atoms with Crippen molar-refractivity contribution >= 4 is 11.6 Å². The Morgan fingerprint density at radius 2 is 2.29 bits per heavy atom. The summed E-state index contributed by atoms with van der Waals surface area (Å²) in [6.45, 7) is 4.14. The first-order valence-electron chi connectivity index (χ1n) is 5.64. The summed E-state index contributed by atoms with van der Waals surface area (Å²) in [6, 6.07) is 5.11. The second-order valence-electron chi connectivity index (χ2n) is 4.22. The van der Waals surface area contributed by atoms with Gasteiger partial charge in [-0.25, -0.2) is 0 Å². The summed E-state index contributed by atoms with van der Waals surface area (Å²) in [5, 5.41) is 9.79. The molecule has 0 atom stereocenters. The van der Waals surface area contributed by atoms with Crippen LogP contribution in [0.2, 0.25) is 0 Å². The molecule has 0 aliphatic heterocycles. The number of hydrogen-bond acceptors (Lipinski definition) is 3. The molecule has 1 fully saturated rings. The van der Waals surface area contributed by atoms with Gasteiger partial charge in [0, 0.05) is 12.6 Å². The summed E-state index contributed by atoms with van der Waals surface area (Å²) in [5.41, 5.74) is 6.07. The monoisotopic (exact) mass is 232 g/mol. The van der Waals surface area contributed by atoms with Gasteiger partial charge in [0.1, 0.15) is 0 Å². The predicted molar refractivity (Wildman–Crippen MR) is 66.8 cm³/mol. The average Bonchev–Trinajstić information content (AvgIpc) is 3.13. The molecule has 3 N–H and O–H groups in total. The quantitative estimate of drug-likeness (QED) is 0.472. The summed E-state index contributed by atoms with van der Waals surface area (Å²) in [5.74, 6) is -0.315. The number of aromatic hydroxyl groups is 1. The molecule has 2 rings (SSSR count). The van der Waals surface area contributed by atoms with Crippen molar-refractivity contribution in [1.29, 1.82) is 0 Å². The van der Waals surface area contributed by atoms with Crippen molar-refractivity contribution in [2.75, 3.05) is 12.3 Å². The molecule has 0 spiro atoms. The number of benzene rings is 1. The van der Waals surface area contributed by atoms with Crippen molar-refractivity contribution in [2.45, 2.75) is 18.9 Å². The summed E-state index contributed by atoms with van der Waals surface area (Å²) in [6.07, 6.45) is 3.73. The maximum absolute atomic E-state index is 12.3. The van der Waals surface area contributed by atoms with Gasteiger partial charge >= 0.3 is 0 Å². The van der Waals surface area contributed by atoms with Crippen LogP contribution in [0.3, 0.4) is 0 Å². The van der Waals surface area contributed by atoms with E-state index in [-0.39, 0.29) is 28.9 Å². The molecule has 0 aromatic heterocycles.